The Morgan fingerprint density at radius 2 is 1.95 bits per heavy atom. The van der Waals surface area contributed by atoms with Crippen molar-refractivity contribution in [3.63, 3.8) is 0 Å². The molecule has 0 aliphatic rings. The maximum Gasteiger partial charge on any atom is 0.207 e. The van der Waals surface area contributed by atoms with Crippen LogP contribution < -0.4 is 10.6 Å². The van der Waals surface area contributed by atoms with Crippen molar-refractivity contribution >= 4 is 6.41 Å². The van der Waals surface area contributed by atoms with Gasteiger partial charge in [0.25, 0.3) is 0 Å². The lowest BCUT2D eigenvalue weighted by atomic mass is 10.3. The zero-order valence-corrected chi connectivity index (χ0v) is 13.4. The number of nitrogens with one attached hydrogen (secondary N) is 2. The average molecular weight is 283 g/mol. The Hall–Kier alpha value is -1.43. The Morgan fingerprint density at radius 3 is 2.50 bits per heavy atom. The lowest BCUT2D eigenvalue weighted by Gasteiger charge is -2.04. The van der Waals surface area contributed by atoms with Crippen molar-refractivity contribution in [3.8, 4) is 0 Å². The molecule has 116 valence electrons. The minimum Gasteiger partial charge on any atom is -0.359 e. The first-order valence-electron chi connectivity index (χ1n) is 7.25. The van der Waals surface area contributed by atoms with Crippen molar-refractivity contribution in [2.75, 3.05) is 6.54 Å². The first-order chi connectivity index (χ1) is 9.45. The van der Waals surface area contributed by atoms with Crippen molar-refractivity contribution in [1.29, 1.82) is 0 Å². The van der Waals surface area contributed by atoms with Crippen LogP contribution in [0.3, 0.4) is 0 Å². The summed E-state index contributed by atoms with van der Waals surface area (Å²) in [6, 6.07) is 0.446. The molecule has 0 unspecified atom stereocenters. The maximum atomic E-state index is 10.0. The molecular formula is C14H29N5O. The number of aryl methyl sites for hydroxylation is 1. The van der Waals surface area contributed by atoms with Crippen molar-refractivity contribution in [3.05, 3.63) is 11.9 Å². The number of aromatic nitrogens is 3. The maximum absolute atomic E-state index is 10.0. The summed E-state index contributed by atoms with van der Waals surface area (Å²) in [6.07, 6.45) is 3.49. The number of carbonyl (C=O) groups is 1. The van der Waals surface area contributed by atoms with E-state index in [9.17, 15) is 4.79 Å². The highest BCUT2D eigenvalue weighted by molar-refractivity contribution is 5.45. The summed E-state index contributed by atoms with van der Waals surface area (Å²) in [6.45, 7) is 12.9. The summed E-state index contributed by atoms with van der Waals surface area (Å²) in [5.41, 5.74) is 0.942. The first kappa shape index (κ1) is 18.6. The molecule has 20 heavy (non-hydrogen) atoms. The minimum atomic E-state index is 0.446. The molecule has 0 fully saturated rings. The number of amides is 1. The smallest absolute Gasteiger partial charge is 0.207 e. The van der Waals surface area contributed by atoms with Crippen molar-refractivity contribution in [2.45, 2.75) is 60.2 Å². The van der Waals surface area contributed by atoms with E-state index in [0.29, 0.717) is 19.0 Å². The summed E-state index contributed by atoms with van der Waals surface area (Å²) in [5, 5.41) is 13.9. The third-order valence-corrected chi connectivity index (χ3v) is 2.07. The van der Waals surface area contributed by atoms with E-state index >= 15 is 0 Å². The summed E-state index contributed by atoms with van der Waals surface area (Å²) in [5.74, 6) is 0.833. The molecule has 0 bridgehead atoms. The Morgan fingerprint density at radius 1 is 1.30 bits per heavy atom. The fourth-order valence-electron chi connectivity index (χ4n) is 1.24. The summed E-state index contributed by atoms with van der Waals surface area (Å²) in [7, 11) is 0. The van der Waals surface area contributed by atoms with Crippen LogP contribution >= 0.6 is 0 Å². The van der Waals surface area contributed by atoms with Crippen LogP contribution in [0.2, 0.25) is 0 Å². The van der Waals surface area contributed by atoms with Gasteiger partial charge in [-0.2, -0.15) is 0 Å². The molecule has 2 N–H and O–H groups in total. The lowest BCUT2D eigenvalue weighted by Crippen LogP contribution is -2.21. The highest BCUT2D eigenvalue weighted by Gasteiger charge is 2.01. The summed E-state index contributed by atoms with van der Waals surface area (Å²) >= 11 is 0. The summed E-state index contributed by atoms with van der Waals surface area (Å²) in [4.78, 5) is 10.0. The Bertz CT molecular complexity index is 346. The molecule has 1 rings (SSSR count). The molecule has 0 atom stereocenters. The molecule has 1 heterocycles. The Kier molecular flexibility index (Phi) is 10.6. The average Bonchev–Trinajstić information content (AvgIpc) is 2.79. The van der Waals surface area contributed by atoms with Gasteiger partial charge in [-0.15, -0.1) is 5.10 Å². The second-order valence-electron chi connectivity index (χ2n) is 5.67. The van der Waals surface area contributed by atoms with Gasteiger partial charge in [-0.3, -0.25) is 9.48 Å². The second-order valence-corrected chi connectivity index (χ2v) is 5.67. The largest absolute Gasteiger partial charge is 0.359 e. The number of hydrogen-bond donors (Lipinski definition) is 2. The van der Waals surface area contributed by atoms with E-state index in [1.165, 1.54) is 0 Å². The van der Waals surface area contributed by atoms with Crippen LogP contribution in [-0.2, 0) is 17.9 Å². The van der Waals surface area contributed by atoms with Gasteiger partial charge in [0, 0.05) is 31.9 Å². The van der Waals surface area contributed by atoms with Gasteiger partial charge >= 0.3 is 0 Å². The van der Waals surface area contributed by atoms with Gasteiger partial charge in [0.1, 0.15) is 0 Å². The van der Waals surface area contributed by atoms with Crippen LogP contribution in [0.4, 0.5) is 0 Å². The molecule has 0 aliphatic heterocycles. The van der Waals surface area contributed by atoms with Crippen LogP contribution in [0.25, 0.3) is 0 Å². The van der Waals surface area contributed by atoms with Gasteiger partial charge in [-0.05, 0) is 12.3 Å². The topological polar surface area (TPSA) is 71.8 Å². The molecule has 0 aliphatic carbocycles. The zero-order chi connectivity index (χ0) is 15.4. The Labute approximate surface area is 122 Å². The highest BCUT2D eigenvalue weighted by atomic mass is 16.1. The number of nitrogens with zero attached hydrogens (tertiary/aromatic N) is 3. The lowest BCUT2D eigenvalue weighted by molar-refractivity contribution is -0.109. The first-order valence-corrected chi connectivity index (χ1v) is 7.25. The molecule has 1 aromatic rings. The van der Waals surface area contributed by atoms with Crippen LogP contribution in [0.1, 0.15) is 46.7 Å². The van der Waals surface area contributed by atoms with E-state index in [-0.39, 0.29) is 0 Å². The predicted octanol–water partition coefficient (Wildman–Crippen LogP) is 1.57. The molecular weight excluding hydrogens is 254 g/mol. The van der Waals surface area contributed by atoms with E-state index in [4.69, 9.17) is 0 Å². The van der Waals surface area contributed by atoms with E-state index in [1.54, 1.807) is 4.68 Å². The van der Waals surface area contributed by atoms with E-state index < -0.39 is 0 Å². The molecule has 0 radical (unpaired) electrons. The molecule has 0 saturated carbocycles. The van der Waals surface area contributed by atoms with E-state index in [0.717, 1.165) is 31.1 Å². The van der Waals surface area contributed by atoms with Gasteiger partial charge in [-0.1, -0.05) is 39.8 Å². The van der Waals surface area contributed by atoms with E-state index in [1.807, 2.05) is 6.20 Å². The monoisotopic (exact) mass is 283 g/mol. The number of carbonyl (C=O) groups excluding carboxylic acids is 1. The minimum absolute atomic E-state index is 0.446. The third-order valence-electron chi connectivity index (χ3n) is 2.07. The van der Waals surface area contributed by atoms with Crippen LogP contribution in [0, 0.1) is 5.92 Å². The fourth-order valence-corrected chi connectivity index (χ4v) is 1.24. The predicted molar refractivity (Wildman–Crippen MR) is 81.2 cm³/mol. The van der Waals surface area contributed by atoms with Gasteiger partial charge in [0.2, 0.25) is 6.41 Å². The molecule has 0 saturated heterocycles. The molecule has 6 nitrogen and oxygen atoms in total. The molecule has 0 spiro atoms. The van der Waals surface area contributed by atoms with Crippen molar-refractivity contribution in [2.24, 2.45) is 5.92 Å². The molecule has 0 aromatic carbocycles. The molecule has 1 aromatic heterocycles. The Balaban J connectivity index is 0.000000796. The fraction of sp³-hybridized carbons (Fsp3) is 0.786. The van der Waals surface area contributed by atoms with Gasteiger partial charge in [-0.25, -0.2) is 0 Å². The van der Waals surface area contributed by atoms with Crippen molar-refractivity contribution < 1.29 is 4.79 Å². The van der Waals surface area contributed by atoms with Crippen LogP contribution in [0.15, 0.2) is 6.20 Å². The molecule has 6 heteroatoms. The van der Waals surface area contributed by atoms with Gasteiger partial charge < -0.3 is 10.6 Å². The SMILES string of the molecule is CC(C)C.CC(C)NCc1cn(CCCNC=O)nn1. The number of hydrogen-bond acceptors (Lipinski definition) is 4. The second kappa shape index (κ2) is 11.4. The van der Waals surface area contributed by atoms with Crippen LogP contribution in [-0.4, -0.2) is 34.0 Å². The zero-order valence-electron chi connectivity index (χ0n) is 13.4. The van der Waals surface area contributed by atoms with Crippen molar-refractivity contribution in [1.82, 2.24) is 25.6 Å². The van der Waals surface area contributed by atoms with Gasteiger partial charge in [0.05, 0.1) is 5.69 Å². The van der Waals surface area contributed by atoms with Crippen LogP contribution in [0.5, 0.6) is 0 Å². The third kappa shape index (κ3) is 11.6. The summed E-state index contributed by atoms with van der Waals surface area (Å²) < 4.78 is 1.80. The standard InChI is InChI=1S/C10H19N5O.C4H10/c1-9(2)12-6-10-7-15(14-13-10)5-3-4-11-8-16;1-4(2)3/h7-9,12H,3-6H2,1-2H3,(H,11,16);4H,1-3H3. The number of rotatable bonds is 8. The van der Waals surface area contributed by atoms with Gasteiger partial charge in [0.15, 0.2) is 0 Å². The quantitative estimate of drug-likeness (QED) is 0.561. The molecule has 1 amide bonds. The highest BCUT2D eigenvalue weighted by Crippen LogP contribution is 1.95. The normalized spacial score (nSPS) is 10.3. The van der Waals surface area contributed by atoms with E-state index in [2.05, 4.69) is 55.6 Å².